The summed E-state index contributed by atoms with van der Waals surface area (Å²) in [6.45, 7) is 6.54. The quantitative estimate of drug-likeness (QED) is 0.451. The molecule has 0 bridgehead atoms. The largest absolute Gasteiger partial charge is 0.360 e. The van der Waals surface area contributed by atoms with Crippen LogP contribution in [0.4, 0.5) is 11.4 Å². The van der Waals surface area contributed by atoms with Gasteiger partial charge in [-0.1, -0.05) is 26.7 Å². The van der Waals surface area contributed by atoms with Gasteiger partial charge in [0, 0.05) is 23.9 Å². The summed E-state index contributed by atoms with van der Waals surface area (Å²) < 4.78 is 0. The van der Waals surface area contributed by atoms with E-state index in [9.17, 15) is 10.1 Å². The Morgan fingerprint density at radius 1 is 1.24 bits per heavy atom. The van der Waals surface area contributed by atoms with Gasteiger partial charge in [-0.15, -0.1) is 0 Å². The highest BCUT2D eigenvalue weighted by Crippen LogP contribution is 2.15. The van der Waals surface area contributed by atoms with Crippen LogP contribution in [0, 0.1) is 16.0 Å². The molecule has 0 saturated carbocycles. The minimum atomic E-state index is -0.419. The van der Waals surface area contributed by atoms with Gasteiger partial charge in [0.05, 0.1) is 4.92 Å². The van der Waals surface area contributed by atoms with Crippen molar-refractivity contribution >= 4 is 28.7 Å². The molecule has 0 radical (unpaired) electrons. The molecule has 0 aliphatic carbocycles. The van der Waals surface area contributed by atoms with Gasteiger partial charge in [-0.25, -0.2) is 0 Å². The van der Waals surface area contributed by atoms with Crippen molar-refractivity contribution in [2.75, 3.05) is 5.32 Å². The predicted octanol–water partition coefficient (Wildman–Crippen LogP) is 4.10. The molecule has 0 unspecified atom stereocenters. The van der Waals surface area contributed by atoms with E-state index in [-0.39, 0.29) is 5.69 Å². The molecular weight excluding hydrogens is 286 g/mol. The van der Waals surface area contributed by atoms with Crippen LogP contribution < -0.4 is 10.6 Å². The zero-order chi connectivity index (χ0) is 15.8. The molecule has 2 N–H and O–H groups in total. The number of nitrogens with zero attached hydrogens (tertiary/aromatic N) is 1. The van der Waals surface area contributed by atoms with E-state index in [4.69, 9.17) is 12.2 Å². The molecule has 116 valence electrons. The Morgan fingerprint density at radius 3 is 2.38 bits per heavy atom. The number of non-ortho nitro benzene ring substituents is 1. The van der Waals surface area contributed by atoms with Crippen LogP contribution in [0.3, 0.4) is 0 Å². The lowest BCUT2D eigenvalue weighted by atomic mass is 10.0. The lowest BCUT2D eigenvalue weighted by molar-refractivity contribution is -0.384. The number of nitro groups is 1. The summed E-state index contributed by atoms with van der Waals surface area (Å²) >= 11 is 5.24. The zero-order valence-electron chi connectivity index (χ0n) is 12.8. The number of nitrogens with one attached hydrogen (secondary N) is 2. The maximum Gasteiger partial charge on any atom is 0.269 e. The first-order valence-corrected chi connectivity index (χ1v) is 7.61. The molecule has 0 saturated heterocycles. The van der Waals surface area contributed by atoms with Gasteiger partial charge in [0.15, 0.2) is 5.11 Å². The summed E-state index contributed by atoms with van der Waals surface area (Å²) in [4.78, 5) is 10.2. The molecule has 1 rings (SSSR count). The van der Waals surface area contributed by atoms with Crippen molar-refractivity contribution in [3.8, 4) is 0 Å². The van der Waals surface area contributed by atoms with Gasteiger partial charge in [-0.05, 0) is 43.6 Å². The highest BCUT2D eigenvalue weighted by molar-refractivity contribution is 7.80. The number of hydrogen-bond donors (Lipinski definition) is 2. The molecule has 5 nitrogen and oxygen atoms in total. The molecule has 21 heavy (non-hydrogen) atoms. The van der Waals surface area contributed by atoms with Crippen LogP contribution in [-0.2, 0) is 0 Å². The van der Waals surface area contributed by atoms with E-state index in [1.54, 1.807) is 12.1 Å². The number of thiocarbonyl (C=S) groups is 1. The summed E-state index contributed by atoms with van der Waals surface area (Å²) in [5.41, 5.74) is 0.814. The Balaban J connectivity index is 2.37. The number of anilines is 1. The minimum Gasteiger partial charge on any atom is -0.360 e. The topological polar surface area (TPSA) is 67.2 Å². The average Bonchev–Trinajstić information content (AvgIpc) is 2.38. The first-order chi connectivity index (χ1) is 9.88. The Bertz CT molecular complexity index is 474. The number of hydrogen-bond acceptors (Lipinski definition) is 3. The second-order valence-electron chi connectivity index (χ2n) is 5.63. The van der Waals surface area contributed by atoms with E-state index in [0.29, 0.717) is 11.2 Å². The van der Waals surface area contributed by atoms with Crippen LogP contribution in [0.1, 0.15) is 40.0 Å². The summed E-state index contributed by atoms with van der Waals surface area (Å²) in [5, 5.41) is 17.4. The third kappa shape index (κ3) is 7.04. The molecular formula is C15H23N3O2S. The average molecular weight is 309 g/mol. The van der Waals surface area contributed by atoms with E-state index in [0.717, 1.165) is 18.0 Å². The molecule has 0 spiro atoms. The molecule has 0 amide bonds. The second-order valence-corrected chi connectivity index (χ2v) is 6.04. The Morgan fingerprint density at radius 2 is 1.86 bits per heavy atom. The molecule has 1 atom stereocenters. The fourth-order valence-electron chi connectivity index (χ4n) is 1.96. The zero-order valence-corrected chi connectivity index (χ0v) is 13.6. The monoisotopic (exact) mass is 309 g/mol. The smallest absolute Gasteiger partial charge is 0.269 e. The van der Waals surface area contributed by atoms with Gasteiger partial charge in [0.2, 0.25) is 0 Å². The van der Waals surface area contributed by atoms with Crippen molar-refractivity contribution in [2.45, 2.75) is 46.1 Å². The predicted molar refractivity (Wildman–Crippen MR) is 90.6 cm³/mol. The third-order valence-electron chi connectivity index (χ3n) is 3.13. The number of nitro benzene ring substituents is 1. The SMILES string of the molecule is CC(C)CCC[C@H](C)NC(=S)Nc1ccc([N+](=O)[O-])cc1. The number of benzene rings is 1. The van der Waals surface area contributed by atoms with Crippen LogP contribution in [-0.4, -0.2) is 16.1 Å². The van der Waals surface area contributed by atoms with E-state index < -0.39 is 4.92 Å². The lowest BCUT2D eigenvalue weighted by Gasteiger charge is -2.17. The molecule has 1 aromatic carbocycles. The molecule has 0 aromatic heterocycles. The standard InChI is InChI=1S/C15H23N3O2S/c1-11(2)5-4-6-12(3)16-15(21)17-13-7-9-14(10-8-13)18(19)20/h7-12H,4-6H2,1-3H3,(H2,16,17,21)/t12-/m0/s1. The fraction of sp³-hybridized carbons (Fsp3) is 0.533. The highest BCUT2D eigenvalue weighted by atomic mass is 32.1. The molecule has 6 heteroatoms. The Labute approximate surface area is 131 Å². The van der Waals surface area contributed by atoms with Gasteiger partial charge in [-0.2, -0.15) is 0 Å². The first kappa shape index (κ1) is 17.4. The summed E-state index contributed by atoms with van der Waals surface area (Å²) in [6.07, 6.45) is 3.46. The Hall–Kier alpha value is -1.69. The maximum absolute atomic E-state index is 10.6. The van der Waals surface area contributed by atoms with Crippen LogP contribution in [0.2, 0.25) is 0 Å². The van der Waals surface area contributed by atoms with Crippen LogP contribution >= 0.6 is 12.2 Å². The van der Waals surface area contributed by atoms with Gasteiger partial charge in [0.25, 0.3) is 5.69 Å². The summed E-state index contributed by atoms with van der Waals surface area (Å²) in [5.74, 6) is 0.724. The molecule has 1 aromatic rings. The van der Waals surface area contributed by atoms with E-state index in [2.05, 4.69) is 31.4 Å². The van der Waals surface area contributed by atoms with Crippen molar-refractivity contribution < 1.29 is 4.92 Å². The number of rotatable bonds is 7. The fourth-order valence-corrected chi connectivity index (χ4v) is 2.28. The lowest BCUT2D eigenvalue weighted by Crippen LogP contribution is -2.35. The first-order valence-electron chi connectivity index (χ1n) is 7.20. The summed E-state index contributed by atoms with van der Waals surface area (Å²) in [6, 6.07) is 6.51. The van der Waals surface area contributed by atoms with E-state index in [1.807, 2.05) is 0 Å². The van der Waals surface area contributed by atoms with Gasteiger partial charge in [0.1, 0.15) is 0 Å². The molecule has 0 fully saturated rings. The van der Waals surface area contributed by atoms with Crippen LogP contribution in [0.25, 0.3) is 0 Å². The van der Waals surface area contributed by atoms with Gasteiger partial charge in [-0.3, -0.25) is 10.1 Å². The normalized spacial score (nSPS) is 12.0. The van der Waals surface area contributed by atoms with Crippen molar-refractivity contribution in [3.05, 3.63) is 34.4 Å². The highest BCUT2D eigenvalue weighted by Gasteiger charge is 2.07. The van der Waals surface area contributed by atoms with Crippen molar-refractivity contribution in [1.29, 1.82) is 0 Å². The molecule has 0 heterocycles. The minimum absolute atomic E-state index is 0.0708. The van der Waals surface area contributed by atoms with E-state index >= 15 is 0 Å². The van der Waals surface area contributed by atoms with Crippen molar-refractivity contribution in [1.82, 2.24) is 5.32 Å². The van der Waals surface area contributed by atoms with Crippen LogP contribution in [0.15, 0.2) is 24.3 Å². The molecule has 0 aliphatic heterocycles. The summed E-state index contributed by atoms with van der Waals surface area (Å²) in [7, 11) is 0. The van der Waals surface area contributed by atoms with Gasteiger partial charge >= 0.3 is 0 Å². The maximum atomic E-state index is 10.6. The van der Waals surface area contributed by atoms with Crippen molar-refractivity contribution in [2.24, 2.45) is 5.92 Å². The Kier molecular flexibility index (Phi) is 7.08. The third-order valence-corrected chi connectivity index (χ3v) is 3.35. The second kappa shape index (κ2) is 8.56. The van der Waals surface area contributed by atoms with E-state index in [1.165, 1.54) is 25.0 Å². The van der Waals surface area contributed by atoms with Crippen LogP contribution in [0.5, 0.6) is 0 Å². The molecule has 0 aliphatic rings. The van der Waals surface area contributed by atoms with Crippen molar-refractivity contribution in [3.63, 3.8) is 0 Å². The van der Waals surface area contributed by atoms with Gasteiger partial charge < -0.3 is 10.6 Å².